The van der Waals surface area contributed by atoms with Crippen LogP contribution >= 0.6 is 27.3 Å². The Bertz CT molecular complexity index is 407. The van der Waals surface area contributed by atoms with Crippen molar-refractivity contribution in [3.8, 4) is 0 Å². The number of nitrogens with one attached hydrogen (secondary N) is 1. The molecule has 3 unspecified atom stereocenters. The molecule has 1 aliphatic carbocycles. The Kier molecular flexibility index (Phi) is 6.53. The number of rotatable bonds is 6. The minimum absolute atomic E-state index is 0.716. The highest BCUT2D eigenvalue weighted by molar-refractivity contribution is 9.11. The molecule has 1 aromatic rings. The van der Waals surface area contributed by atoms with E-state index in [-0.39, 0.29) is 0 Å². The third kappa shape index (κ3) is 4.83. The first-order chi connectivity index (χ1) is 9.58. The molecule has 0 aromatic carbocycles. The number of nitrogens with zero attached hydrogens (tertiary/aromatic N) is 1. The van der Waals surface area contributed by atoms with Crippen molar-refractivity contribution in [2.75, 3.05) is 20.1 Å². The number of halogens is 1. The van der Waals surface area contributed by atoms with Crippen LogP contribution in [0.25, 0.3) is 0 Å². The minimum Gasteiger partial charge on any atom is -0.314 e. The lowest BCUT2D eigenvalue weighted by Gasteiger charge is -2.37. The second-order valence-electron chi connectivity index (χ2n) is 6.30. The molecule has 1 aliphatic rings. The van der Waals surface area contributed by atoms with Crippen LogP contribution in [0.4, 0.5) is 0 Å². The molecule has 0 amide bonds. The maximum atomic E-state index is 3.70. The van der Waals surface area contributed by atoms with Crippen LogP contribution < -0.4 is 5.32 Å². The standard InChI is InChI=1S/C16H27BrN2S/c1-4-18-15-6-5-12(2)7-14(15)10-19(3)9-13-8-16(17)20-11-13/h8,11-12,14-15,18H,4-7,9-10H2,1-3H3. The predicted molar refractivity (Wildman–Crippen MR) is 92.3 cm³/mol. The van der Waals surface area contributed by atoms with Crippen LogP contribution in [0.3, 0.4) is 0 Å². The Labute approximate surface area is 136 Å². The second kappa shape index (κ2) is 7.92. The van der Waals surface area contributed by atoms with Gasteiger partial charge in [0.05, 0.1) is 3.79 Å². The van der Waals surface area contributed by atoms with Crippen molar-refractivity contribution in [3.63, 3.8) is 0 Å². The normalized spacial score (nSPS) is 27.1. The molecule has 0 spiro atoms. The van der Waals surface area contributed by atoms with Gasteiger partial charge < -0.3 is 10.2 Å². The summed E-state index contributed by atoms with van der Waals surface area (Å²) in [6, 6.07) is 2.96. The number of thiophene rings is 1. The number of hydrogen-bond acceptors (Lipinski definition) is 3. The maximum Gasteiger partial charge on any atom is 0.0701 e. The van der Waals surface area contributed by atoms with Crippen LogP contribution in [0.5, 0.6) is 0 Å². The molecule has 1 saturated carbocycles. The molecule has 3 atom stereocenters. The van der Waals surface area contributed by atoms with Crippen LogP contribution in [0.2, 0.25) is 0 Å². The van der Waals surface area contributed by atoms with Crippen LogP contribution in [-0.4, -0.2) is 31.1 Å². The molecule has 0 aliphatic heterocycles. The molecule has 0 saturated heterocycles. The fraction of sp³-hybridized carbons (Fsp3) is 0.750. The van der Waals surface area contributed by atoms with Gasteiger partial charge in [-0.15, -0.1) is 11.3 Å². The van der Waals surface area contributed by atoms with E-state index in [1.54, 1.807) is 11.3 Å². The minimum atomic E-state index is 0.716. The Morgan fingerprint density at radius 1 is 1.45 bits per heavy atom. The molecule has 1 heterocycles. The monoisotopic (exact) mass is 358 g/mol. The summed E-state index contributed by atoms with van der Waals surface area (Å²) in [6.07, 6.45) is 4.10. The Balaban J connectivity index is 1.88. The van der Waals surface area contributed by atoms with Gasteiger partial charge in [-0.3, -0.25) is 0 Å². The molecular weight excluding hydrogens is 332 g/mol. The highest BCUT2D eigenvalue weighted by atomic mass is 79.9. The largest absolute Gasteiger partial charge is 0.314 e. The van der Waals surface area contributed by atoms with Gasteiger partial charge in [0.25, 0.3) is 0 Å². The van der Waals surface area contributed by atoms with Crippen molar-refractivity contribution in [3.05, 3.63) is 20.8 Å². The van der Waals surface area contributed by atoms with E-state index >= 15 is 0 Å². The van der Waals surface area contributed by atoms with E-state index in [1.807, 2.05) is 0 Å². The lowest BCUT2D eigenvalue weighted by molar-refractivity contribution is 0.158. The molecule has 0 radical (unpaired) electrons. The zero-order valence-electron chi connectivity index (χ0n) is 12.9. The first-order valence-electron chi connectivity index (χ1n) is 7.73. The van der Waals surface area contributed by atoms with E-state index < -0.39 is 0 Å². The van der Waals surface area contributed by atoms with Gasteiger partial charge in [-0.25, -0.2) is 0 Å². The van der Waals surface area contributed by atoms with Crippen molar-refractivity contribution >= 4 is 27.3 Å². The van der Waals surface area contributed by atoms with E-state index in [2.05, 4.69) is 58.5 Å². The zero-order chi connectivity index (χ0) is 14.5. The molecule has 1 aromatic heterocycles. The maximum absolute atomic E-state index is 3.70. The van der Waals surface area contributed by atoms with E-state index in [4.69, 9.17) is 0 Å². The van der Waals surface area contributed by atoms with Gasteiger partial charge in [0.15, 0.2) is 0 Å². The smallest absolute Gasteiger partial charge is 0.0701 e. The Morgan fingerprint density at radius 2 is 2.25 bits per heavy atom. The highest BCUT2D eigenvalue weighted by Crippen LogP contribution is 2.30. The van der Waals surface area contributed by atoms with Crippen molar-refractivity contribution in [1.29, 1.82) is 0 Å². The summed E-state index contributed by atoms with van der Waals surface area (Å²) in [7, 11) is 2.26. The topological polar surface area (TPSA) is 15.3 Å². The summed E-state index contributed by atoms with van der Waals surface area (Å²) >= 11 is 5.33. The van der Waals surface area contributed by atoms with Gasteiger partial charge in [-0.1, -0.05) is 13.8 Å². The molecule has 114 valence electrons. The summed E-state index contributed by atoms with van der Waals surface area (Å²) in [5.74, 6) is 1.68. The van der Waals surface area contributed by atoms with Crippen molar-refractivity contribution in [2.24, 2.45) is 11.8 Å². The van der Waals surface area contributed by atoms with Crippen molar-refractivity contribution in [2.45, 2.75) is 45.7 Å². The molecule has 4 heteroatoms. The van der Waals surface area contributed by atoms with Gasteiger partial charge >= 0.3 is 0 Å². The highest BCUT2D eigenvalue weighted by Gasteiger charge is 2.28. The summed E-state index contributed by atoms with van der Waals surface area (Å²) in [4.78, 5) is 2.49. The molecule has 1 fully saturated rings. The summed E-state index contributed by atoms with van der Waals surface area (Å²) in [5.41, 5.74) is 1.42. The molecular formula is C16H27BrN2S. The fourth-order valence-corrected chi connectivity index (χ4v) is 4.64. The predicted octanol–water partition coefficient (Wildman–Crippen LogP) is 4.36. The van der Waals surface area contributed by atoms with Crippen LogP contribution in [-0.2, 0) is 6.54 Å². The third-order valence-electron chi connectivity index (χ3n) is 4.33. The van der Waals surface area contributed by atoms with Gasteiger partial charge in [-0.2, -0.15) is 0 Å². The lowest BCUT2D eigenvalue weighted by Crippen LogP contribution is -2.44. The van der Waals surface area contributed by atoms with Crippen molar-refractivity contribution < 1.29 is 0 Å². The summed E-state index contributed by atoms with van der Waals surface area (Å²) in [5, 5.41) is 5.95. The Morgan fingerprint density at radius 3 is 2.90 bits per heavy atom. The van der Waals surface area contributed by atoms with E-state index in [1.165, 1.54) is 35.2 Å². The van der Waals surface area contributed by atoms with Crippen LogP contribution in [0.1, 0.15) is 38.7 Å². The molecule has 0 bridgehead atoms. The molecule has 2 nitrogen and oxygen atoms in total. The SMILES string of the molecule is CCNC1CCC(C)CC1CN(C)Cc1csc(Br)c1. The average molecular weight is 359 g/mol. The van der Waals surface area contributed by atoms with Gasteiger partial charge in [-0.05, 0) is 77.6 Å². The Hall–Kier alpha value is 0.100. The second-order valence-corrected chi connectivity index (χ2v) is 8.59. The molecule has 1 N–H and O–H groups in total. The first-order valence-corrected chi connectivity index (χ1v) is 9.40. The fourth-order valence-electron chi connectivity index (χ4n) is 3.44. The molecule has 20 heavy (non-hydrogen) atoms. The number of hydrogen-bond donors (Lipinski definition) is 1. The zero-order valence-corrected chi connectivity index (χ0v) is 15.3. The van der Waals surface area contributed by atoms with Crippen molar-refractivity contribution in [1.82, 2.24) is 10.2 Å². The summed E-state index contributed by atoms with van der Waals surface area (Å²) in [6.45, 7) is 7.99. The van der Waals surface area contributed by atoms with Crippen LogP contribution in [0, 0.1) is 11.8 Å². The van der Waals surface area contributed by atoms with E-state index in [9.17, 15) is 0 Å². The third-order valence-corrected chi connectivity index (χ3v) is 5.88. The van der Waals surface area contributed by atoms with Gasteiger partial charge in [0, 0.05) is 19.1 Å². The first kappa shape index (κ1) is 16.5. The van der Waals surface area contributed by atoms with E-state index in [0.717, 1.165) is 24.9 Å². The van der Waals surface area contributed by atoms with Gasteiger partial charge in [0.1, 0.15) is 0 Å². The van der Waals surface area contributed by atoms with Crippen LogP contribution in [0.15, 0.2) is 15.2 Å². The van der Waals surface area contributed by atoms with Gasteiger partial charge in [0.2, 0.25) is 0 Å². The van der Waals surface area contributed by atoms with E-state index in [0.29, 0.717) is 6.04 Å². The summed E-state index contributed by atoms with van der Waals surface area (Å²) < 4.78 is 1.23. The molecule has 2 rings (SSSR count). The average Bonchev–Trinajstić information content (AvgIpc) is 2.78. The quantitative estimate of drug-likeness (QED) is 0.812. The lowest BCUT2D eigenvalue weighted by atomic mass is 9.78.